The highest BCUT2D eigenvalue weighted by molar-refractivity contribution is 5.97. The van der Waals surface area contributed by atoms with Gasteiger partial charge in [0.15, 0.2) is 6.61 Å². The second-order valence-electron chi connectivity index (χ2n) is 8.39. The van der Waals surface area contributed by atoms with E-state index < -0.39 is 17.8 Å². The summed E-state index contributed by atoms with van der Waals surface area (Å²) in [4.78, 5) is 55.8. The molecule has 2 aliphatic heterocycles. The number of primary amides is 1. The first-order chi connectivity index (χ1) is 16.4. The molecule has 34 heavy (non-hydrogen) atoms. The number of nitrogens with one attached hydrogen (secondary N) is 1. The van der Waals surface area contributed by atoms with E-state index in [0.29, 0.717) is 56.0 Å². The number of nitrogens with zero attached hydrogens (tertiary/aromatic N) is 3. The van der Waals surface area contributed by atoms with E-state index in [0.717, 1.165) is 12.1 Å². The Bertz CT molecular complexity index is 1080. The molecule has 0 bridgehead atoms. The van der Waals surface area contributed by atoms with Crippen LogP contribution in [-0.4, -0.2) is 54.9 Å². The van der Waals surface area contributed by atoms with Crippen LogP contribution in [0.5, 0.6) is 0 Å². The first kappa shape index (κ1) is 23.2. The standard InChI is InChI=1S/C24H27N5O5/c25-23(32)17-6-7-20(26-14-17)28-11-8-16(9-12-28)24(33)34-15-21(30)27-18-3-1-4-19(13-18)29-10-2-5-22(29)31/h1,3-4,6-7,13-14,16H,2,5,8-12,15H2,(H2,25,32)(H,27,30). The Balaban J connectivity index is 1.22. The number of carbonyl (C=O) groups is 4. The zero-order valence-corrected chi connectivity index (χ0v) is 18.7. The quantitative estimate of drug-likeness (QED) is 0.594. The molecule has 0 unspecified atom stereocenters. The van der Waals surface area contributed by atoms with Gasteiger partial charge in [-0.15, -0.1) is 0 Å². The average Bonchev–Trinajstić information content (AvgIpc) is 3.28. The van der Waals surface area contributed by atoms with E-state index in [1.165, 1.54) is 6.20 Å². The van der Waals surface area contributed by atoms with Gasteiger partial charge in [-0.1, -0.05) is 6.07 Å². The molecule has 1 aromatic carbocycles. The van der Waals surface area contributed by atoms with Gasteiger partial charge in [-0.3, -0.25) is 19.2 Å². The molecule has 0 aliphatic carbocycles. The maximum atomic E-state index is 12.5. The van der Waals surface area contributed by atoms with Crippen molar-refractivity contribution < 1.29 is 23.9 Å². The molecular weight excluding hydrogens is 438 g/mol. The van der Waals surface area contributed by atoms with Crippen LogP contribution in [0.25, 0.3) is 0 Å². The van der Waals surface area contributed by atoms with E-state index in [1.54, 1.807) is 35.2 Å². The summed E-state index contributed by atoms with van der Waals surface area (Å²) < 4.78 is 5.24. The molecule has 3 amide bonds. The van der Waals surface area contributed by atoms with Crippen molar-refractivity contribution in [2.45, 2.75) is 25.7 Å². The smallest absolute Gasteiger partial charge is 0.309 e. The maximum absolute atomic E-state index is 12.5. The Morgan fingerprint density at radius 1 is 1.12 bits per heavy atom. The Hall–Kier alpha value is -3.95. The summed E-state index contributed by atoms with van der Waals surface area (Å²) in [6.45, 7) is 1.51. The number of benzene rings is 1. The fourth-order valence-electron chi connectivity index (χ4n) is 4.19. The van der Waals surface area contributed by atoms with Gasteiger partial charge in [-0.05, 0) is 49.6 Å². The number of aromatic nitrogens is 1. The molecule has 2 aliphatic rings. The zero-order chi connectivity index (χ0) is 24.1. The van der Waals surface area contributed by atoms with Crippen LogP contribution < -0.4 is 20.9 Å². The van der Waals surface area contributed by atoms with Crippen molar-refractivity contribution in [3.63, 3.8) is 0 Å². The number of hydrogen-bond acceptors (Lipinski definition) is 7. The molecule has 0 spiro atoms. The molecule has 4 rings (SSSR count). The van der Waals surface area contributed by atoms with Crippen LogP contribution in [0.1, 0.15) is 36.0 Å². The van der Waals surface area contributed by atoms with Crippen LogP contribution in [-0.2, 0) is 19.1 Å². The fourth-order valence-corrected chi connectivity index (χ4v) is 4.19. The van der Waals surface area contributed by atoms with Crippen LogP contribution in [0.4, 0.5) is 17.2 Å². The van der Waals surface area contributed by atoms with E-state index >= 15 is 0 Å². The lowest BCUT2D eigenvalue weighted by atomic mass is 9.97. The first-order valence-corrected chi connectivity index (χ1v) is 11.3. The summed E-state index contributed by atoms with van der Waals surface area (Å²) in [5.74, 6) is -0.869. The van der Waals surface area contributed by atoms with Crippen LogP contribution in [0.15, 0.2) is 42.6 Å². The van der Waals surface area contributed by atoms with Crippen LogP contribution in [0.3, 0.4) is 0 Å². The third-order valence-corrected chi connectivity index (χ3v) is 6.05. The number of carbonyl (C=O) groups excluding carboxylic acids is 4. The molecule has 0 atom stereocenters. The van der Waals surface area contributed by atoms with E-state index in [2.05, 4.69) is 10.3 Å². The zero-order valence-electron chi connectivity index (χ0n) is 18.7. The first-order valence-electron chi connectivity index (χ1n) is 11.3. The highest BCUT2D eigenvalue weighted by Gasteiger charge is 2.27. The largest absolute Gasteiger partial charge is 0.455 e. The van der Waals surface area contributed by atoms with Gasteiger partial charge >= 0.3 is 5.97 Å². The van der Waals surface area contributed by atoms with Crippen molar-refractivity contribution >= 4 is 40.9 Å². The van der Waals surface area contributed by atoms with Crippen molar-refractivity contribution in [3.05, 3.63) is 48.2 Å². The van der Waals surface area contributed by atoms with E-state index in [4.69, 9.17) is 10.5 Å². The lowest BCUT2D eigenvalue weighted by Crippen LogP contribution is -2.38. The molecule has 3 N–H and O–H groups in total. The van der Waals surface area contributed by atoms with Crippen molar-refractivity contribution in [2.24, 2.45) is 11.7 Å². The summed E-state index contributed by atoms with van der Waals surface area (Å²) in [7, 11) is 0. The van der Waals surface area contributed by atoms with E-state index in [-0.39, 0.29) is 18.4 Å². The molecule has 10 nitrogen and oxygen atoms in total. The SMILES string of the molecule is NC(=O)c1ccc(N2CCC(C(=O)OCC(=O)Nc3cccc(N4CCCC4=O)c3)CC2)nc1. The average molecular weight is 466 g/mol. The van der Waals surface area contributed by atoms with E-state index in [1.807, 2.05) is 11.0 Å². The molecule has 1 aromatic heterocycles. The predicted molar refractivity (Wildman–Crippen MR) is 125 cm³/mol. The van der Waals surface area contributed by atoms with Gasteiger partial charge in [-0.25, -0.2) is 4.98 Å². The van der Waals surface area contributed by atoms with Crippen molar-refractivity contribution in [1.29, 1.82) is 0 Å². The van der Waals surface area contributed by atoms with Crippen molar-refractivity contribution in [1.82, 2.24) is 4.98 Å². The number of pyridine rings is 1. The summed E-state index contributed by atoms with van der Waals surface area (Å²) in [5, 5.41) is 2.72. The number of ether oxygens (including phenoxy) is 1. The third kappa shape index (κ3) is 5.51. The van der Waals surface area contributed by atoms with Crippen LogP contribution in [0.2, 0.25) is 0 Å². The molecule has 2 fully saturated rings. The summed E-state index contributed by atoms with van der Waals surface area (Å²) >= 11 is 0. The molecule has 10 heteroatoms. The number of rotatable bonds is 7. The highest BCUT2D eigenvalue weighted by Crippen LogP contribution is 2.25. The second-order valence-corrected chi connectivity index (χ2v) is 8.39. The lowest BCUT2D eigenvalue weighted by Gasteiger charge is -2.31. The van der Waals surface area contributed by atoms with Crippen LogP contribution in [0, 0.1) is 5.92 Å². The Morgan fingerprint density at radius 3 is 2.56 bits per heavy atom. The normalized spacial score (nSPS) is 16.4. The second kappa shape index (κ2) is 10.3. The minimum atomic E-state index is -0.529. The Morgan fingerprint density at radius 2 is 1.91 bits per heavy atom. The number of hydrogen-bond donors (Lipinski definition) is 2. The van der Waals surface area contributed by atoms with Gasteiger partial charge < -0.3 is 25.6 Å². The molecule has 0 saturated carbocycles. The van der Waals surface area contributed by atoms with Gasteiger partial charge in [0.05, 0.1) is 11.5 Å². The van der Waals surface area contributed by atoms with Crippen molar-refractivity contribution in [2.75, 3.05) is 41.4 Å². The Labute approximate surface area is 197 Å². The van der Waals surface area contributed by atoms with Gasteiger partial charge in [0.25, 0.3) is 5.91 Å². The molecule has 178 valence electrons. The fraction of sp³-hybridized carbons (Fsp3) is 0.375. The number of nitrogens with two attached hydrogens (primary N) is 1. The summed E-state index contributed by atoms with van der Waals surface area (Å²) in [6, 6.07) is 10.4. The molecular formula is C24H27N5O5. The summed E-state index contributed by atoms with van der Waals surface area (Å²) in [6.07, 6.45) is 3.94. The number of esters is 1. The topological polar surface area (TPSA) is 135 Å². The van der Waals surface area contributed by atoms with Gasteiger partial charge in [0.2, 0.25) is 11.8 Å². The molecule has 2 saturated heterocycles. The minimum Gasteiger partial charge on any atom is -0.455 e. The minimum absolute atomic E-state index is 0.0712. The monoisotopic (exact) mass is 465 g/mol. The lowest BCUT2D eigenvalue weighted by molar-refractivity contribution is -0.152. The van der Waals surface area contributed by atoms with E-state index in [9.17, 15) is 19.2 Å². The Kier molecular flexibility index (Phi) is 7.05. The maximum Gasteiger partial charge on any atom is 0.309 e. The number of piperidine rings is 1. The molecule has 2 aromatic rings. The van der Waals surface area contributed by atoms with Crippen LogP contribution >= 0.6 is 0 Å². The number of anilines is 3. The molecule has 3 heterocycles. The van der Waals surface area contributed by atoms with Gasteiger partial charge in [0, 0.05) is 43.6 Å². The summed E-state index contributed by atoms with van der Waals surface area (Å²) in [5.41, 5.74) is 6.86. The third-order valence-electron chi connectivity index (χ3n) is 6.05. The molecule has 0 radical (unpaired) electrons. The predicted octanol–water partition coefficient (Wildman–Crippen LogP) is 1.71. The van der Waals surface area contributed by atoms with Gasteiger partial charge in [0.1, 0.15) is 5.82 Å². The van der Waals surface area contributed by atoms with Gasteiger partial charge in [-0.2, -0.15) is 0 Å². The highest BCUT2D eigenvalue weighted by atomic mass is 16.5. The number of amides is 3. The van der Waals surface area contributed by atoms with Crippen molar-refractivity contribution in [3.8, 4) is 0 Å².